The van der Waals surface area contributed by atoms with Gasteiger partial charge in [-0.3, -0.25) is 9.69 Å². The number of ether oxygens (including phenoxy) is 1. The van der Waals surface area contributed by atoms with E-state index in [-0.39, 0.29) is 30.8 Å². The van der Waals surface area contributed by atoms with Crippen LogP contribution in [0.5, 0.6) is 0 Å². The SMILES string of the molecule is CC(C)(C)OC(=O)N(CC(=O)N1CC(c2cccc(C(=O)O)c2F)C1)Cc1ccc(F)cc1F. The number of aromatic carboxylic acids is 1. The van der Waals surface area contributed by atoms with Crippen LogP contribution in [0.3, 0.4) is 0 Å². The molecule has 1 heterocycles. The number of carboxylic acids is 1. The summed E-state index contributed by atoms with van der Waals surface area (Å²) in [5, 5.41) is 9.09. The van der Waals surface area contributed by atoms with E-state index in [2.05, 4.69) is 0 Å². The van der Waals surface area contributed by atoms with Gasteiger partial charge in [0.2, 0.25) is 5.91 Å². The Bertz CT molecular complexity index is 1110. The van der Waals surface area contributed by atoms with Gasteiger partial charge < -0.3 is 14.7 Å². The van der Waals surface area contributed by atoms with Gasteiger partial charge in [0.25, 0.3) is 0 Å². The molecule has 0 saturated carbocycles. The molecule has 7 nitrogen and oxygen atoms in total. The van der Waals surface area contributed by atoms with Crippen molar-refractivity contribution in [3.8, 4) is 0 Å². The maximum Gasteiger partial charge on any atom is 0.411 e. The van der Waals surface area contributed by atoms with Crippen LogP contribution in [0.1, 0.15) is 48.2 Å². The number of likely N-dealkylation sites (tertiary alicyclic amines) is 1. The van der Waals surface area contributed by atoms with Gasteiger partial charge >= 0.3 is 12.1 Å². The van der Waals surface area contributed by atoms with E-state index in [9.17, 15) is 27.6 Å². The molecular formula is C24H25F3N2O5. The zero-order chi connectivity index (χ0) is 25.2. The molecule has 2 aromatic carbocycles. The number of hydrogen-bond acceptors (Lipinski definition) is 4. The molecule has 0 radical (unpaired) electrons. The zero-order valence-electron chi connectivity index (χ0n) is 19.0. The topological polar surface area (TPSA) is 87.2 Å². The lowest BCUT2D eigenvalue weighted by Gasteiger charge is -2.40. The zero-order valence-corrected chi connectivity index (χ0v) is 19.0. The summed E-state index contributed by atoms with van der Waals surface area (Å²) >= 11 is 0. The summed E-state index contributed by atoms with van der Waals surface area (Å²) in [6.07, 6.45) is -0.846. The van der Waals surface area contributed by atoms with Crippen molar-refractivity contribution in [2.75, 3.05) is 19.6 Å². The second kappa shape index (κ2) is 9.74. The summed E-state index contributed by atoms with van der Waals surface area (Å²) in [5.41, 5.74) is -1.11. The van der Waals surface area contributed by atoms with E-state index in [4.69, 9.17) is 9.84 Å². The summed E-state index contributed by atoms with van der Waals surface area (Å²) in [6.45, 7) is 4.43. The van der Waals surface area contributed by atoms with Crippen LogP contribution in [0.2, 0.25) is 0 Å². The predicted molar refractivity (Wildman–Crippen MR) is 116 cm³/mol. The normalized spacial score (nSPS) is 13.9. The Hall–Kier alpha value is -3.56. The van der Waals surface area contributed by atoms with Crippen LogP contribution in [0.15, 0.2) is 36.4 Å². The van der Waals surface area contributed by atoms with Gasteiger partial charge in [-0.25, -0.2) is 22.8 Å². The van der Waals surface area contributed by atoms with Crippen molar-refractivity contribution in [3.63, 3.8) is 0 Å². The van der Waals surface area contributed by atoms with Gasteiger partial charge in [-0.15, -0.1) is 0 Å². The van der Waals surface area contributed by atoms with Crippen LogP contribution in [-0.2, 0) is 16.1 Å². The summed E-state index contributed by atoms with van der Waals surface area (Å²) in [4.78, 5) is 39.0. The average Bonchev–Trinajstić information content (AvgIpc) is 2.68. The number of amides is 2. The molecule has 34 heavy (non-hydrogen) atoms. The van der Waals surface area contributed by atoms with Crippen molar-refractivity contribution in [1.82, 2.24) is 9.80 Å². The molecule has 1 aliphatic heterocycles. The number of hydrogen-bond donors (Lipinski definition) is 1. The highest BCUT2D eigenvalue weighted by Crippen LogP contribution is 2.30. The van der Waals surface area contributed by atoms with Crippen molar-refractivity contribution in [2.45, 2.75) is 38.8 Å². The van der Waals surface area contributed by atoms with Crippen LogP contribution in [-0.4, -0.2) is 58.1 Å². The summed E-state index contributed by atoms with van der Waals surface area (Å²) in [6, 6.07) is 6.99. The largest absolute Gasteiger partial charge is 0.478 e. The maximum absolute atomic E-state index is 14.5. The van der Waals surface area contributed by atoms with Gasteiger partial charge in [0, 0.05) is 30.6 Å². The smallest absolute Gasteiger partial charge is 0.411 e. The van der Waals surface area contributed by atoms with Gasteiger partial charge in [-0.1, -0.05) is 18.2 Å². The van der Waals surface area contributed by atoms with E-state index < -0.39 is 59.0 Å². The lowest BCUT2D eigenvalue weighted by molar-refractivity contribution is -0.137. The molecule has 1 fully saturated rings. The highest BCUT2D eigenvalue weighted by molar-refractivity contribution is 5.88. The average molecular weight is 478 g/mol. The van der Waals surface area contributed by atoms with E-state index in [1.165, 1.54) is 23.1 Å². The standard InChI is InChI=1S/C24H25F3N2O5/c1-24(2,3)34-23(33)29(10-14-7-8-16(25)9-19(14)26)13-20(30)28-11-15(12-28)17-5-4-6-18(21(17)27)22(31)32/h4-9,15H,10-13H2,1-3H3,(H,31,32). The molecule has 182 valence electrons. The van der Waals surface area contributed by atoms with E-state index in [1.807, 2.05) is 0 Å². The lowest BCUT2D eigenvalue weighted by Crippen LogP contribution is -2.53. The fraction of sp³-hybridized carbons (Fsp3) is 0.375. The number of nitrogens with zero attached hydrogens (tertiary/aromatic N) is 2. The first kappa shape index (κ1) is 25.1. The first-order valence-electron chi connectivity index (χ1n) is 10.6. The Kier molecular flexibility index (Phi) is 7.18. The van der Waals surface area contributed by atoms with Gasteiger partial charge in [0.05, 0.1) is 12.1 Å². The quantitative estimate of drug-likeness (QED) is 0.674. The molecule has 0 unspecified atom stereocenters. The van der Waals surface area contributed by atoms with Crippen molar-refractivity contribution in [2.24, 2.45) is 0 Å². The van der Waals surface area contributed by atoms with Gasteiger partial charge in [-0.05, 0) is 38.5 Å². The molecule has 0 aliphatic carbocycles. The molecule has 3 rings (SSSR count). The number of carbonyl (C=O) groups excluding carboxylic acids is 2. The number of carboxylic acid groups (broad SMARTS) is 1. The first-order chi connectivity index (χ1) is 15.9. The van der Waals surface area contributed by atoms with Crippen LogP contribution in [0.25, 0.3) is 0 Å². The molecule has 0 bridgehead atoms. The van der Waals surface area contributed by atoms with Crippen LogP contribution < -0.4 is 0 Å². The van der Waals surface area contributed by atoms with Crippen molar-refractivity contribution in [1.29, 1.82) is 0 Å². The number of halogens is 3. The van der Waals surface area contributed by atoms with Gasteiger partial charge in [-0.2, -0.15) is 0 Å². The molecular weight excluding hydrogens is 453 g/mol. The van der Waals surface area contributed by atoms with E-state index >= 15 is 0 Å². The minimum absolute atomic E-state index is 0.00843. The van der Waals surface area contributed by atoms with Crippen LogP contribution >= 0.6 is 0 Å². The molecule has 1 aliphatic rings. The number of rotatable bonds is 6. The Morgan fingerprint density at radius 1 is 1.12 bits per heavy atom. The predicted octanol–water partition coefficient (Wildman–Crippen LogP) is 4.17. The Morgan fingerprint density at radius 3 is 2.38 bits per heavy atom. The summed E-state index contributed by atoms with van der Waals surface area (Å²) < 4.78 is 47.2. The highest BCUT2D eigenvalue weighted by Gasteiger charge is 2.36. The fourth-order valence-corrected chi connectivity index (χ4v) is 3.54. The van der Waals surface area contributed by atoms with Crippen LogP contribution in [0.4, 0.5) is 18.0 Å². The molecule has 0 spiro atoms. The Morgan fingerprint density at radius 2 is 1.79 bits per heavy atom. The van der Waals surface area contributed by atoms with Gasteiger partial charge in [0.1, 0.15) is 29.6 Å². The van der Waals surface area contributed by atoms with E-state index in [0.29, 0.717) is 6.07 Å². The molecule has 1 N–H and O–H groups in total. The monoisotopic (exact) mass is 478 g/mol. The molecule has 1 saturated heterocycles. The molecule has 10 heteroatoms. The third-order valence-electron chi connectivity index (χ3n) is 5.29. The Balaban J connectivity index is 1.70. The maximum atomic E-state index is 14.5. The van der Waals surface area contributed by atoms with Crippen LogP contribution in [0, 0.1) is 17.5 Å². The minimum atomic E-state index is -1.38. The molecule has 0 atom stereocenters. The van der Waals surface area contributed by atoms with Crippen molar-refractivity contribution >= 4 is 18.0 Å². The van der Waals surface area contributed by atoms with E-state index in [1.54, 1.807) is 20.8 Å². The highest BCUT2D eigenvalue weighted by atomic mass is 19.1. The lowest BCUT2D eigenvalue weighted by atomic mass is 9.89. The fourth-order valence-electron chi connectivity index (χ4n) is 3.54. The van der Waals surface area contributed by atoms with Crippen molar-refractivity contribution < 1.29 is 37.4 Å². The minimum Gasteiger partial charge on any atom is -0.478 e. The summed E-state index contributed by atoms with van der Waals surface area (Å²) in [7, 11) is 0. The second-order valence-corrected chi connectivity index (χ2v) is 9.08. The van der Waals surface area contributed by atoms with Gasteiger partial charge in [0.15, 0.2) is 0 Å². The van der Waals surface area contributed by atoms with E-state index in [0.717, 1.165) is 17.0 Å². The second-order valence-electron chi connectivity index (χ2n) is 9.08. The number of benzene rings is 2. The third-order valence-corrected chi connectivity index (χ3v) is 5.29. The first-order valence-corrected chi connectivity index (χ1v) is 10.6. The summed E-state index contributed by atoms with van der Waals surface area (Å²) in [5.74, 6) is -4.72. The number of carbonyl (C=O) groups is 3. The Labute approximate surface area is 194 Å². The third kappa shape index (κ3) is 5.86. The molecule has 0 aromatic heterocycles. The molecule has 2 amide bonds. The van der Waals surface area contributed by atoms with Crippen molar-refractivity contribution in [3.05, 3.63) is 70.5 Å². The molecule has 2 aromatic rings.